The van der Waals surface area contributed by atoms with E-state index in [9.17, 15) is 14.4 Å². The van der Waals surface area contributed by atoms with Crippen LogP contribution in [0, 0.1) is 17.1 Å². The highest BCUT2D eigenvalue weighted by Gasteiger charge is 2.29. The first-order valence-corrected chi connectivity index (χ1v) is 11.6. The highest BCUT2D eigenvalue weighted by molar-refractivity contribution is 9.10. The summed E-state index contributed by atoms with van der Waals surface area (Å²) < 4.78 is 16.5. The molecule has 174 valence electrons. The lowest BCUT2D eigenvalue weighted by Gasteiger charge is -2.19. The van der Waals surface area contributed by atoms with Gasteiger partial charge in [-0.25, -0.2) is 14.4 Å². The van der Waals surface area contributed by atoms with Crippen molar-refractivity contribution in [2.75, 3.05) is 16.8 Å². The maximum Gasteiger partial charge on any atom is 0.231 e. The molecule has 0 unspecified atom stereocenters. The van der Waals surface area contributed by atoms with Crippen LogP contribution < -0.4 is 10.2 Å². The van der Waals surface area contributed by atoms with Gasteiger partial charge < -0.3 is 10.2 Å². The van der Waals surface area contributed by atoms with Crippen LogP contribution in [0.1, 0.15) is 16.7 Å². The van der Waals surface area contributed by atoms with Crippen LogP contribution in [-0.2, 0) is 24.7 Å². The molecule has 0 spiro atoms. The molecule has 1 amide bonds. The van der Waals surface area contributed by atoms with E-state index in [0.717, 1.165) is 15.6 Å². The van der Waals surface area contributed by atoms with Crippen molar-refractivity contribution in [3.05, 3.63) is 81.8 Å². The monoisotopic (exact) mass is 531 g/mol. The molecule has 5 rings (SSSR count). The summed E-state index contributed by atoms with van der Waals surface area (Å²) in [5, 5.41) is 17.2. The summed E-state index contributed by atoms with van der Waals surface area (Å²) in [6, 6.07) is 13.9. The molecule has 0 saturated carbocycles. The van der Waals surface area contributed by atoms with Gasteiger partial charge >= 0.3 is 0 Å². The number of nitrogens with one attached hydrogen (secondary N) is 1. The number of nitriles is 1. The maximum atomic E-state index is 14.1. The third kappa shape index (κ3) is 4.38. The first-order valence-electron chi connectivity index (χ1n) is 10.8. The fourth-order valence-corrected chi connectivity index (χ4v) is 4.61. The van der Waals surface area contributed by atoms with Crippen LogP contribution in [0.5, 0.6) is 0 Å². The minimum absolute atomic E-state index is 0.0662. The van der Waals surface area contributed by atoms with Crippen LogP contribution in [0.25, 0.3) is 11.3 Å². The topological polar surface area (TPSA) is 99.7 Å². The molecule has 4 aromatic rings. The second-order valence-electron chi connectivity index (χ2n) is 8.06. The van der Waals surface area contributed by atoms with Gasteiger partial charge in [-0.2, -0.15) is 10.4 Å². The Bertz CT molecular complexity index is 1470. The minimum atomic E-state index is -0.414. The van der Waals surface area contributed by atoms with Crippen molar-refractivity contribution >= 4 is 39.3 Å². The molecule has 0 bridgehead atoms. The maximum absolute atomic E-state index is 14.1. The molecule has 0 atom stereocenters. The molecular weight excluding hydrogens is 513 g/mol. The van der Waals surface area contributed by atoms with E-state index in [-0.39, 0.29) is 12.3 Å². The quantitative estimate of drug-likeness (QED) is 0.406. The molecule has 10 heteroatoms. The number of nitrogens with zero attached hydrogens (tertiary/aromatic N) is 6. The van der Waals surface area contributed by atoms with Gasteiger partial charge in [-0.1, -0.05) is 18.2 Å². The van der Waals surface area contributed by atoms with Crippen molar-refractivity contribution in [3.8, 4) is 17.3 Å². The standard InChI is InChI=1S/C25H19BrFN7O/c1-33-24(19(26)14-30-33)32-25-29-8-6-21(31-25)17-10-16-7-9-34(23(16)18(11-17)13-28)22(35)12-15-4-2-3-5-20(15)27/h2-6,8,10-11,14H,7,9,12H2,1H3,(H,29,31,32). The van der Waals surface area contributed by atoms with Gasteiger partial charge in [-0.15, -0.1) is 0 Å². The molecule has 2 aromatic heterocycles. The molecule has 1 aliphatic rings. The van der Waals surface area contributed by atoms with E-state index in [4.69, 9.17) is 0 Å². The van der Waals surface area contributed by atoms with Gasteiger partial charge in [0.2, 0.25) is 11.9 Å². The van der Waals surface area contributed by atoms with Crippen LogP contribution in [0.2, 0.25) is 0 Å². The Kier molecular flexibility index (Phi) is 6.01. The van der Waals surface area contributed by atoms with Gasteiger partial charge in [0.05, 0.1) is 34.0 Å². The molecule has 1 aliphatic heterocycles. The molecular formula is C25H19BrFN7O. The van der Waals surface area contributed by atoms with Crippen molar-refractivity contribution in [3.63, 3.8) is 0 Å². The van der Waals surface area contributed by atoms with Crippen molar-refractivity contribution in [2.45, 2.75) is 12.8 Å². The summed E-state index contributed by atoms with van der Waals surface area (Å²) in [6.45, 7) is 0.436. The summed E-state index contributed by atoms with van der Waals surface area (Å²) in [7, 11) is 1.80. The lowest BCUT2D eigenvalue weighted by molar-refractivity contribution is -0.117. The minimum Gasteiger partial charge on any atom is -0.310 e. The van der Waals surface area contributed by atoms with E-state index < -0.39 is 5.82 Å². The number of carbonyl (C=O) groups is 1. The first kappa shape index (κ1) is 22.7. The molecule has 2 aromatic carbocycles. The zero-order valence-corrected chi connectivity index (χ0v) is 20.3. The molecule has 35 heavy (non-hydrogen) atoms. The zero-order chi connectivity index (χ0) is 24.5. The number of anilines is 3. The predicted molar refractivity (Wildman–Crippen MR) is 133 cm³/mol. The molecule has 8 nitrogen and oxygen atoms in total. The lowest BCUT2D eigenvalue weighted by atomic mass is 10.0. The number of hydrogen-bond donors (Lipinski definition) is 1. The number of fused-ring (bicyclic) bond motifs is 1. The summed E-state index contributed by atoms with van der Waals surface area (Å²) in [6.07, 6.45) is 3.84. The molecule has 0 fully saturated rings. The van der Waals surface area contributed by atoms with Gasteiger partial charge in [0.15, 0.2) is 0 Å². The van der Waals surface area contributed by atoms with Gasteiger partial charge in [0.1, 0.15) is 17.7 Å². The van der Waals surface area contributed by atoms with Crippen molar-refractivity contribution in [1.29, 1.82) is 5.26 Å². The van der Waals surface area contributed by atoms with Crippen molar-refractivity contribution in [1.82, 2.24) is 19.7 Å². The predicted octanol–water partition coefficient (Wildman–Crippen LogP) is 4.53. The van der Waals surface area contributed by atoms with E-state index in [0.29, 0.717) is 47.2 Å². The number of rotatable bonds is 5. The van der Waals surface area contributed by atoms with Gasteiger partial charge in [0, 0.05) is 25.4 Å². The molecule has 1 N–H and O–H groups in total. The third-order valence-electron chi connectivity index (χ3n) is 5.86. The van der Waals surface area contributed by atoms with E-state index >= 15 is 0 Å². The van der Waals surface area contributed by atoms with Crippen molar-refractivity contribution in [2.24, 2.45) is 7.05 Å². The van der Waals surface area contributed by atoms with Crippen LogP contribution in [0.4, 0.5) is 21.8 Å². The highest BCUT2D eigenvalue weighted by atomic mass is 79.9. The Balaban J connectivity index is 1.45. The third-order valence-corrected chi connectivity index (χ3v) is 6.44. The zero-order valence-electron chi connectivity index (χ0n) is 18.7. The Morgan fingerprint density at radius 3 is 2.86 bits per heavy atom. The Morgan fingerprint density at radius 1 is 1.29 bits per heavy atom. The average Bonchev–Trinajstić information content (AvgIpc) is 3.44. The summed E-state index contributed by atoms with van der Waals surface area (Å²) in [5.41, 5.74) is 3.56. The smallest absolute Gasteiger partial charge is 0.231 e. The number of amides is 1. The number of halogens is 2. The van der Waals surface area contributed by atoms with Gasteiger partial charge in [-0.3, -0.25) is 9.48 Å². The molecule has 0 aliphatic carbocycles. The average molecular weight is 532 g/mol. The van der Waals surface area contributed by atoms with E-state index in [2.05, 4.69) is 42.4 Å². The Morgan fingerprint density at radius 2 is 2.11 bits per heavy atom. The normalized spacial score (nSPS) is 12.3. The number of benzene rings is 2. The Hall–Kier alpha value is -4.10. The summed E-state index contributed by atoms with van der Waals surface area (Å²) in [5.74, 6) is 0.432. The molecule has 0 radical (unpaired) electrons. The van der Waals surface area contributed by atoms with E-state index in [1.807, 2.05) is 6.07 Å². The van der Waals surface area contributed by atoms with Gasteiger partial charge in [0.25, 0.3) is 0 Å². The fraction of sp³-hybridized carbons (Fsp3) is 0.160. The second kappa shape index (κ2) is 9.27. The van der Waals surface area contributed by atoms with Crippen LogP contribution in [0.3, 0.4) is 0 Å². The SMILES string of the molecule is Cn1ncc(Br)c1Nc1nccc(-c2cc(C#N)c3c(c2)CCN3C(=O)Cc2ccccc2F)n1. The van der Waals surface area contributed by atoms with E-state index in [1.165, 1.54) is 6.07 Å². The van der Waals surface area contributed by atoms with Crippen LogP contribution in [0.15, 0.2) is 59.3 Å². The first-order chi connectivity index (χ1) is 16.9. The largest absolute Gasteiger partial charge is 0.310 e. The summed E-state index contributed by atoms with van der Waals surface area (Å²) in [4.78, 5) is 23.5. The van der Waals surface area contributed by atoms with Crippen molar-refractivity contribution < 1.29 is 9.18 Å². The lowest BCUT2D eigenvalue weighted by Crippen LogP contribution is -2.31. The van der Waals surface area contributed by atoms with E-state index in [1.54, 1.807) is 59.4 Å². The molecule has 0 saturated heterocycles. The summed E-state index contributed by atoms with van der Waals surface area (Å²) >= 11 is 3.44. The van der Waals surface area contributed by atoms with Crippen LogP contribution >= 0.6 is 15.9 Å². The fourth-order valence-electron chi connectivity index (χ4n) is 4.17. The van der Waals surface area contributed by atoms with Crippen LogP contribution in [-0.4, -0.2) is 32.2 Å². The number of aryl methyl sites for hydroxylation is 1. The second-order valence-corrected chi connectivity index (χ2v) is 8.92. The number of aromatic nitrogens is 4. The molecule has 3 heterocycles. The van der Waals surface area contributed by atoms with Gasteiger partial charge in [-0.05, 0) is 57.7 Å². The number of carbonyl (C=O) groups excluding carboxylic acids is 1. The number of hydrogen-bond acceptors (Lipinski definition) is 6. The highest BCUT2D eigenvalue weighted by Crippen LogP contribution is 2.36. The Labute approximate surface area is 209 Å².